The zero-order valence-corrected chi connectivity index (χ0v) is 28.9. The highest BCUT2D eigenvalue weighted by Crippen LogP contribution is 2.49. The van der Waals surface area contributed by atoms with Gasteiger partial charge in [0, 0.05) is 16.5 Å². The van der Waals surface area contributed by atoms with Crippen molar-refractivity contribution in [1.82, 2.24) is 9.88 Å². The Morgan fingerprint density at radius 1 is 0.957 bits per heavy atom. The van der Waals surface area contributed by atoms with Crippen molar-refractivity contribution >= 4 is 38.3 Å². The average molecular weight is 680 g/mol. The van der Waals surface area contributed by atoms with Crippen LogP contribution in [0.3, 0.4) is 0 Å². The summed E-state index contributed by atoms with van der Waals surface area (Å²) in [4.78, 5) is 40.3. The number of aromatic nitrogens is 1. The Morgan fingerprint density at radius 2 is 1.57 bits per heavy atom. The topological polar surface area (TPSA) is 98.7 Å². The fourth-order valence-corrected chi connectivity index (χ4v) is 7.04. The van der Waals surface area contributed by atoms with E-state index in [1.807, 2.05) is 6.07 Å². The third-order valence-electron chi connectivity index (χ3n) is 7.32. The highest BCUT2D eigenvalue weighted by atomic mass is 35.5. The predicted octanol–water partition coefficient (Wildman–Crippen LogP) is 7.61. The van der Waals surface area contributed by atoms with Gasteiger partial charge in [-0.25, -0.2) is 4.79 Å². The molecule has 2 N–H and O–H groups in total. The van der Waals surface area contributed by atoms with E-state index in [0.717, 1.165) is 10.1 Å². The van der Waals surface area contributed by atoms with Gasteiger partial charge in [0.05, 0.1) is 5.69 Å². The van der Waals surface area contributed by atoms with E-state index in [-0.39, 0.29) is 23.0 Å². The third-order valence-corrected chi connectivity index (χ3v) is 8.51. The molecule has 2 aromatic carbocycles. The van der Waals surface area contributed by atoms with Crippen molar-refractivity contribution in [3.05, 3.63) is 87.7 Å². The van der Waals surface area contributed by atoms with Gasteiger partial charge in [-0.05, 0) is 42.3 Å². The molecule has 2 atom stereocenters. The number of rotatable bonds is 11. The van der Waals surface area contributed by atoms with Gasteiger partial charge in [-0.3, -0.25) is 19.5 Å². The van der Waals surface area contributed by atoms with Gasteiger partial charge in [0.25, 0.3) is 5.56 Å². The summed E-state index contributed by atoms with van der Waals surface area (Å²) in [6.07, 6.45) is -5.64. The lowest BCUT2D eigenvalue weighted by molar-refractivity contribution is -0.265. The molecule has 0 aliphatic heterocycles. The van der Waals surface area contributed by atoms with Crippen LogP contribution in [-0.4, -0.2) is 37.5 Å². The Labute approximate surface area is 274 Å². The summed E-state index contributed by atoms with van der Waals surface area (Å²) < 4.78 is 56.8. The smallest absolute Gasteiger partial charge is 0.412 e. The number of halogens is 4. The fraction of sp³-hybridized carbons (Fsp3) is 0.424. The number of anilines is 1. The number of ether oxygens (including phenoxy) is 1. The first-order valence-electron chi connectivity index (χ1n) is 14.9. The Kier molecular flexibility index (Phi) is 11.9. The molecule has 1 aromatic heterocycles. The lowest BCUT2D eigenvalue weighted by Crippen LogP contribution is -2.67. The molecule has 3 rings (SSSR count). The van der Waals surface area contributed by atoms with Crippen molar-refractivity contribution in [1.29, 1.82) is 0 Å². The van der Waals surface area contributed by atoms with E-state index in [0.29, 0.717) is 5.56 Å². The van der Waals surface area contributed by atoms with Crippen LogP contribution in [0.4, 0.5) is 23.7 Å². The maximum absolute atomic E-state index is 14.8. The van der Waals surface area contributed by atoms with Crippen LogP contribution in [0.15, 0.2) is 71.5 Å². The van der Waals surface area contributed by atoms with Gasteiger partial charge in [0.2, 0.25) is 5.91 Å². The van der Waals surface area contributed by atoms with E-state index in [1.165, 1.54) is 32.9 Å². The van der Waals surface area contributed by atoms with E-state index in [4.69, 9.17) is 20.8 Å². The summed E-state index contributed by atoms with van der Waals surface area (Å²) in [5.74, 6) is -3.77. The van der Waals surface area contributed by atoms with E-state index in [9.17, 15) is 27.6 Å². The lowest BCUT2D eigenvalue weighted by atomic mass is 9.70. The molecule has 0 bridgehead atoms. The molecule has 0 saturated carbocycles. The molecule has 1 heterocycles. The number of hydrogen-bond acceptors (Lipinski definition) is 5. The number of alkyl halides is 3. The molecular weight excluding hydrogens is 639 g/mol. The van der Waals surface area contributed by atoms with Crippen molar-refractivity contribution in [2.24, 2.45) is 17.3 Å². The molecule has 13 heteroatoms. The highest BCUT2D eigenvalue weighted by molar-refractivity contribution is 6.48. The second kappa shape index (κ2) is 14.9. The molecule has 0 radical (unpaired) electrons. The zero-order chi connectivity index (χ0) is 34.4. The minimum atomic E-state index is -4.73. The van der Waals surface area contributed by atoms with Gasteiger partial charge in [0.15, 0.2) is 9.04 Å². The van der Waals surface area contributed by atoms with Gasteiger partial charge in [-0.15, -0.1) is 0 Å². The second-order valence-corrected chi connectivity index (χ2v) is 15.4. The van der Waals surface area contributed by atoms with E-state index >= 15 is 0 Å². The molecule has 250 valence electrons. The molecular formula is C33H41ClF3N3O5Si. The molecule has 0 aliphatic carbocycles. The van der Waals surface area contributed by atoms with E-state index in [1.54, 1.807) is 75.5 Å². The number of benzene rings is 2. The minimum Gasteiger partial charge on any atom is -0.444 e. The van der Waals surface area contributed by atoms with Crippen molar-refractivity contribution in [2.45, 2.75) is 72.8 Å². The maximum atomic E-state index is 14.8. The highest BCUT2D eigenvalue weighted by Gasteiger charge is 2.61. The van der Waals surface area contributed by atoms with Crippen LogP contribution in [0.25, 0.3) is 11.3 Å². The third kappa shape index (κ3) is 9.01. The number of hydrogen-bond donors (Lipinski definition) is 2. The van der Waals surface area contributed by atoms with Crippen molar-refractivity contribution in [3.63, 3.8) is 0 Å². The first-order chi connectivity index (χ1) is 21.4. The Hall–Kier alpha value is -3.61. The van der Waals surface area contributed by atoms with Crippen LogP contribution < -0.4 is 16.2 Å². The lowest BCUT2D eigenvalue weighted by Gasteiger charge is -2.51. The summed E-state index contributed by atoms with van der Waals surface area (Å²) in [6.45, 7) is 10.2. The molecule has 2 unspecified atom stereocenters. The Balaban J connectivity index is 2.06. The summed E-state index contributed by atoms with van der Waals surface area (Å²) >= 11 is 6.44. The van der Waals surface area contributed by atoms with Crippen LogP contribution >= 0.6 is 11.6 Å². The summed E-state index contributed by atoms with van der Waals surface area (Å²) in [5.41, 5.74) is -3.13. The average Bonchev–Trinajstić information content (AvgIpc) is 2.93. The molecule has 2 amide bonds. The first kappa shape index (κ1) is 36.9. The number of nitrogens with one attached hydrogen (secondary N) is 2. The number of pyridine rings is 1. The van der Waals surface area contributed by atoms with Gasteiger partial charge in [0.1, 0.15) is 30.5 Å². The van der Waals surface area contributed by atoms with Crippen LogP contribution in [-0.2, 0) is 27.1 Å². The molecule has 3 aromatic rings. The summed E-state index contributed by atoms with van der Waals surface area (Å²) in [7, 11) is -2.19. The monoisotopic (exact) mass is 679 g/mol. The number of nitrogens with zero attached hydrogens (tertiary/aromatic N) is 1. The van der Waals surface area contributed by atoms with Crippen molar-refractivity contribution in [2.75, 3.05) is 5.32 Å². The van der Waals surface area contributed by atoms with Gasteiger partial charge in [-0.2, -0.15) is 13.2 Å². The molecule has 0 saturated heterocycles. The van der Waals surface area contributed by atoms with Gasteiger partial charge in [-0.1, -0.05) is 94.8 Å². The largest absolute Gasteiger partial charge is 0.444 e. The first-order valence-corrected chi connectivity index (χ1v) is 18.0. The standard InChI is InChI=1S/C33H41ClF3N3O5Si/c1-21(2)32(45-46(6)7,29(31(3,4)5)33(35,36)37)39-27(41)19-40-26(23-15-11-12-16-24(23)34)18-17-25(28(40)42)38-30(43)44-20-22-13-9-8-10-14-22/h8-18,21,29,46H,19-20H2,1-7H3,(H,38,43)(H,39,41). The normalized spacial score (nSPS) is 14.1. The van der Waals surface area contributed by atoms with E-state index in [2.05, 4.69) is 10.6 Å². The van der Waals surface area contributed by atoms with Crippen LogP contribution in [0, 0.1) is 17.3 Å². The van der Waals surface area contributed by atoms with E-state index < -0.39 is 62.3 Å². The molecule has 0 spiro atoms. The fourth-order valence-electron chi connectivity index (χ4n) is 5.56. The summed E-state index contributed by atoms with van der Waals surface area (Å²) in [6, 6.07) is 18.4. The molecule has 46 heavy (non-hydrogen) atoms. The van der Waals surface area contributed by atoms with Crippen molar-refractivity contribution in [3.8, 4) is 11.3 Å². The SMILES string of the molecule is CC(C)C(NC(=O)Cn1c(-c2ccccc2Cl)ccc(NC(=O)OCc2ccccc2)c1=O)(O[SiH](C)C)C(C(C)(C)C)C(F)(F)F. The number of carbonyl (C=O) groups excluding carboxylic acids is 2. The predicted molar refractivity (Wildman–Crippen MR) is 176 cm³/mol. The second-order valence-electron chi connectivity index (χ2n) is 12.7. The quantitative estimate of drug-likeness (QED) is 0.161. The van der Waals surface area contributed by atoms with Gasteiger partial charge >= 0.3 is 12.3 Å². The van der Waals surface area contributed by atoms with Gasteiger partial charge < -0.3 is 14.5 Å². The zero-order valence-electron chi connectivity index (χ0n) is 27.0. The molecule has 0 aliphatic rings. The molecule has 0 fully saturated rings. The Morgan fingerprint density at radius 3 is 2.11 bits per heavy atom. The van der Waals surface area contributed by atoms with Crippen LogP contribution in [0.2, 0.25) is 18.1 Å². The number of carbonyl (C=O) groups is 2. The molecule has 8 nitrogen and oxygen atoms in total. The maximum Gasteiger partial charge on any atom is 0.412 e. The summed E-state index contributed by atoms with van der Waals surface area (Å²) in [5, 5.41) is 5.27. The minimum absolute atomic E-state index is 0.0500. The Bertz CT molecular complexity index is 1560. The van der Waals surface area contributed by atoms with Crippen LogP contribution in [0.5, 0.6) is 0 Å². The van der Waals surface area contributed by atoms with Crippen molar-refractivity contribution < 1.29 is 31.9 Å². The number of amides is 2. The van der Waals surface area contributed by atoms with Crippen LogP contribution in [0.1, 0.15) is 40.2 Å².